The minimum atomic E-state index is -4.20. The highest BCUT2D eigenvalue weighted by molar-refractivity contribution is 7.92. The topological polar surface area (TPSA) is 86.8 Å². The summed E-state index contributed by atoms with van der Waals surface area (Å²) in [5.41, 5.74) is 4.63. The summed E-state index contributed by atoms with van der Waals surface area (Å²) >= 11 is 6.27. The molecular formula is C38H42ClN3O4S. The average molecular weight is 672 g/mol. The van der Waals surface area contributed by atoms with E-state index in [4.69, 9.17) is 11.6 Å². The first-order chi connectivity index (χ1) is 22.5. The van der Waals surface area contributed by atoms with Gasteiger partial charge in [0.05, 0.1) is 10.6 Å². The molecule has 0 saturated heterocycles. The van der Waals surface area contributed by atoms with E-state index in [0.29, 0.717) is 16.3 Å². The van der Waals surface area contributed by atoms with Crippen LogP contribution in [0.1, 0.15) is 53.5 Å². The van der Waals surface area contributed by atoms with Crippen molar-refractivity contribution in [3.8, 4) is 0 Å². The van der Waals surface area contributed by atoms with Gasteiger partial charge in [-0.1, -0.05) is 102 Å². The van der Waals surface area contributed by atoms with Gasteiger partial charge in [-0.3, -0.25) is 13.9 Å². The van der Waals surface area contributed by atoms with Gasteiger partial charge < -0.3 is 10.2 Å². The Morgan fingerprint density at radius 2 is 1.51 bits per heavy atom. The lowest BCUT2D eigenvalue weighted by Crippen LogP contribution is -2.54. The van der Waals surface area contributed by atoms with Gasteiger partial charge in [0.2, 0.25) is 11.8 Å². The van der Waals surface area contributed by atoms with E-state index < -0.39 is 28.5 Å². The van der Waals surface area contributed by atoms with E-state index in [1.165, 1.54) is 0 Å². The van der Waals surface area contributed by atoms with Gasteiger partial charge in [0.25, 0.3) is 10.0 Å². The molecule has 0 unspecified atom stereocenters. The second kappa shape index (κ2) is 15.2. The van der Waals surface area contributed by atoms with E-state index >= 15 is 0 Å². The zero-order valence-electron chi connectivity index (χ0n) is 27.2. The first kappa shape index (κ1) is 34.2. The van der Waals surface area contributed by atoms with E-state index in [-0.39, 0.29) is 29.8 Å². The van der Waals surface area contributed by atoms with Crippen molar-refractivity contribution in [1.82, 2.24) is 10.2 Å². The molecule has 0 bridgehead atoms. The fourth-order valence-corrected chi connectivity index (χ4v) is 7.88. The number of sulfonamides is 1. The Balaban J connectivity index is 1.58. The Morgan fingerprint density at radius 1 is 0.830 bits per heavy atom. The minimum absolute atomic E-state index is 0.0480. The molecule has 1 fully saturated rings. The Hall–Kier alpha value is -4.14. The van der Waals surface area contributed by atoms with Crippen molar-refractivity contribution < 1.29 is 18.0 Å². The summed E-state index contributed by atoms with van der Waals surface area (Å²) in [5.74, 6) is -0.726. The monoisotopic (exact) mass is 671 g/mol. The summed E-state index contributed by atoms with van der Waals surface area (Å²) in [5, 5.41) is 3.67. The number of hydrogen-bond donors (Lipinski definition) is 1. The summed E-state index contributed by atoms with van der Waals surface area (Å²) in [4.78, 5) is 30.5. The van der Waals surface area contributed by atoms with Crippen LogP contribution in [0.15, 0.2) is 102 Å². The number of benzene rings is 4. The van der Waals surface area contributed by atoms with Crippen LogP contribution in [-0.4, -0.2) is 43.8 Å². The van der Waals surface area contributed by atoms with Crippen LogP contribution in [0.2, 0.25) is 5.02 Å². The molecule has 246 valence electrons. The van der Waals surface area contributed by atoms with Crippen LogP contribution < -0.4 is 9.62 Å². The first-order valence-electron chi connectivity index (χ1n) is 16.1. The molecule has 1 aliphatic carbocycles. The normalized spacial score (nSPS) is 14.0. The zero-order valence-corrected chi connectivity index (χ0v) is 28.7. The Kier molecular flexibility index (Phi) is 11.0. The lowest BCUT2D eigenvalue weighted by atomic mass is 10.0. The zero-order chi connectivity index (χ0) is 33.6. The van der Waals surface area contributed by atoms with Gasteiger partial charge in [-0.2, -0.15) is 0 Å². The summed E-state index contributed by atoms with van der Waals surface area (Å²) in [7, 11) is -4.20. The third-order valence-electron chi connectivity index (χ3n) is 8.72. The summed E-state index contributed by atoms with van der Waals surface area (Å²) < 4.78 is 29.8. The van der Waals surface area contributed by atoms with Crippen molar-refractivity contribution in [3.05, 3.63) is 130 Å². The maximum Gasteiger partial charge on any atom is 0.264 e. The molecule has 5 rings (SSSR count). The van der Waals surface area contributed by atoms with Gasteiger partial charge in [0, 0.05) is 24.0 Å². The fourth-order valence-electron chi connectivity index (χ4n) is 6.18. The SMILES string of the molecule is Cc1ccc(S(=O)(=O)N(CC(=O)N(Cc2cccc(C)c2)[C@H](Cc2ccccc2)C(=O)NC2CCCC2)c2ccc(Cl)cc2C)cc1. The number of amides is 2. The van der Waals surface area contributed by atoms with E-state index in [2.05, 4.69) is 5.32 Å². The number of carbonyl (C=O) groups excluding carboxylic acids is 2. The molecule has 0 heterocycles. The third kappa shape index (κ3) is 8.62. The summed E-state index contributed by atoms with van der Waals surface area (Å²) in [6, 6.07) is 28.1. The van der Waals surface area contributed by atoms with Gasteiger partial charge in [0.1, 0.15) is 12.6 Å². The molecule has 7 nitrogen and oxygen atoms in total. The molecule has 2 amide bonds. The van der Waals surface area contributed by atoms with Crippen LogP contribution in [-0.2, 0) is 32.6 Å². The number of nitrogens with zero attached hydrogens (tertiary/aromatic N) is 2. The molecule has 0 aliphatic heterocycles. The molecule has 0 aromatic heterocycles. The predicted octanol–water partition coefficient (Wildman–Crippen LogP) is 7.16. The smallest absolute Gasteiger partial charge is 0.264 e. The van der Waals surface area contributed by atoms with Crippen LogP contribution >= 0.6 is 11.6 Å². The average Bonchev–Trinajstić information content (AvgIpc) is 3.55. The van der Waals surface area contributed by atoms with Gasteiger partial charge >= 0.3 is 0 Å². The van der Waals surface area contributed by atoms with Crippen molar-refractivity contribution in [2.75, 3.05) is 10.8 Å². The van der Waals surface area contributed by atoms with Crippen molar-refractivity contribution in [1.29, 1.82) is 0 Å². The number of anilines is 1. The molecule has 1 atom stereocenters. The standard InChI is InChI=1S/C38H42ClN3O4S/c1-27-16-19-34(20-17-27)47(45,46)42(35-21-18-32(39)23-29(35)3)26-37(43)41(25-31-13-9-10-28(2)22-31)36(24-30-11-5-4-6-12-30)38(44)40-33-14-7-8-15-33/h4-6,9-13,16-23,33,36H,7-8,14-15,24-26H2,1-3H3,(H,40,44)/t36-/m1/s1. The molecule has 0 radical (unpaired) electrons. The lowest BCUT2D eigenvalue weighted by molar-refractivity contribution is -0.140. The van der Waals surface area contributed by atoms with Crippen LogP contribution in [0.5, 0.6) is 0 Å². The molecule has 0 spiro atoms. The molecule has 1 aliphatic rings. The van der Waals surface area contributed by atoms with Crippen molar-refractivity contribution in [2.24, 2.45) is 0 Å². The minimum Gasteiger partial charge on any atom is -0.352 e. The van der Waals surface area contributed by atoms with E-state index in [1.54, 1.807) is 54.3 Å². The second-order valence-electron chi connectivity index (χ2n) is 12.5. The van der Waals surface area contributed by atoms with E-state index in [0.717, 1.165) is 52.2 Å². The van der Waals surface area contributed by atoms with Gasteiger partial charge in [-0.15, -0.1) is 0 Å². The molecule has 4 aromatic carbocycles. The lowest BCUT2D eigenvalue weighted by Gasteiger charge is -2.34. The molecule has 1 saturated carbocycles. The molecule has 1 N–H and O–H groups in total. The van der Waals surface area contributed by atoms with E-state index in [1.807, 2.05) is 68.4 Å². The number of hydrogen-bond acceptors (Lipinski definition) is 4. The highest BCUT2D eigenvalue weighted by atomic mass is 35.5. The number of carbonyl (C=O) groups is 2. The number of halogens is 1. The first-order valence-corrected chi connectivity index (χ1v) is 17.9. The van der Waals surface area contributed by atoms with Gasteiger partial charge in [-0.25, -0.2) is 8.42 Å². The summed E-state index contributed by atoms with van der Waals surface area (Å²) in [6.07, 6.45) is 4.17. The van der Waals surface area contributed by atoms with Crippen molar-refractivity contribution in [2.45, 2.75) is 76.4 Å². The van der Waals surface area contributed by atoms with E-state index in [9.17, 15) is 18.0 Å². The van der Waals surface area contributed by atoms with Crippen LogP contribution in [0.3, 0.4) is 0 Å². The van der Waals surface area contributed by atoms with Gasteiger partial charge in [-0.05, 0) is 80.6 Å². The Bertz CT molecular complexity index is 1810. The Labute approximate surface area is 283 Å². The van der Waals surface area contributed by atoms with Crippen molar-refractivity contribution >= 4 is 39.1 Å². The van der Waals surface area contributed by atoms with Gasteiger partial charge in [0.15, 0.2) is 0 Å². The third-order valence-corrected chi connectivity index (χ3v) is 10.7. The molecule has 47 heavy (non-hydrogen) atoms. The molecule has 4 aromatic rings. The maximum atomic E-state index is 14.7. The largest absolute Gasteiger partial charge is 0.352 e. The van der Waals surface area contributed by atoms with Crippen molar-refractivity contribution in [3.63, 3.8) is 0 Å². The summed E-state index contributed by atoms with van der Waals surface area (Å²) in [6.45, 7) is 5.25. The second-order valence-corrected chi connectivity index (χ2v) is 14.8. The molecular weight excluding hydrogens is 630 g/mol. The predicted molar refractivity (Wildman–Crippen MR) is 188 cm³/mol. The fraction of sp³-hybridized carbons (Fsp3) is 0.316. The quantitative estimate of drug-likeness (QED) is 0.173. The van der Waals surface area contributed by atoms with Crippen LogP contribution in [0, 0.1) is 20.8 Å². The van der Waals surface area contributed by atoms with Crippen LogP contribution in [0.25, 0.3) is 0 Å². The maximum absolute atomic E-state index is 14.7. The highest BCUT2D eigenvalue weighted by Gasteiger charge is 2.36. The van der Waals surface area contributed by atoms with Crippen LogP contribution in [0.4, 0.5) is 5.69 Å². The number of nitrogens with one attached hydrogen (secondary N) is 1. The molecule has 9 heteroatoms. The Morgan fingerprint density at radius 3 is 2.17 bits per heavy atom. The number of aryl methyl sites for hydroxylation is 3. The highest BCUT2D eigenvalue weighted by Crippen LogP contribution is 2.30. The number of rotatable bonds is 12.